The second-order valence-corrected chi connectivity index (χ2v) is 5.07. The second-order valence-electron chi connectivity index (χ2n) is 3.79. The van der Waals surface area contributed by atoms with Gasteiger partial charge in [-0.1, -0.05) is 27.5 Å². The number of anilines is 1. The molecule has 0 saturated heterocycles. The van der Waals surface area contributed by atoms with E-state index < -0.39 is 0 Å². The Balaban J connectivity index is 2.16. The van der Waals surface area contributed by atoms with E-state index in [1.54, 1.807) is 18.2 Å². The van der Waals surface area contributed by atoms with Crippen LogP contribution in [0.4, 0.5) is 5.69 Å². The van der Waals surface area contributed by atoms with Crippen molar-refractivity contribution in [2.75, 3.05) is 5.32 Å². The predicted molar refractivity (Wildman–Crippen MR) is 76.1 cm³/mol. The number of nitrogens with zero attached hydrogens (tertiary/aromatic N) is 1. The van der Waals surface area contributed by atoms with Gasteiger partial charge in [0.1, 0.15) is 5.15 Å². The first-order valence-corrected chi connectivity index (χ1v) is 6.42. The van der Waals surface area contributed by atoms with Crippen LogP contribution in [0.3, 0.4) is 0 Å². The highest BCUT2D eigenvalue weighted by Crippen LogP contribution is 2.17. The fourth-order valence-electron chi connectivity index (χ4n) is 1.43. The normalized spacial score (nSPS) is 10.2. The number of aryl methyl sites for hydroxylation is 1. The van der Waals surface area contributed by atoms with Gasteiger partial charge in [0.25, 0.3) is 5.91 Å². The zero-order chi connectivity index (χ0) is 13.1. The molecule has 0 bridgehead atoms. The van der Waals surface area contributed by atoms with Crippen molar-refractivity contribution >= 4 is 39.1 Å². The van der Waals surface area contributed by atoms with Crippen molar-refractivity contribution in [2.45, 2.75) is 6.92 Å². The summed E-state index contributed by atoms with van der Waals surface area (Å²) in [4.78, 5) is 15.9. The maximum Gasteiger partial charge on any atom is 0.255 e. The molecule has 0 aliphatic rings. The van der Waals surface area contributed by atoms with E-state index in [-0.39, 0.29) is 5.91 Å². The van der Waals surface area contributed by atoms with E-state index >= 15 is 0 Å². The molecular weight excluding hydrogens is 316 g/mol. The number of halogens is 2. The molecule has 2 aromatic rings. The van der Waals surface area contributed by atoms with Crippen LogP contribution in [0.15, 0.2) is 41.0 Å². The largest absolute Gasteiger partial charge is 0.321 e. The monoisotopic (exact) mass is 324 g/mol. The Bertz CT molecular complexity index is 584. The molecular formula is C13H10BrClN2O. The summed E-state index contributed by atoms with van der Waals surface area (Å²) in [6.45, 7) is 1.84. The van der Waals surface area contributed by atoms with Crippen molar-refractivity contribution in [3.05, 3.63) is 57.3 Å². The third-order valence-corrected chi connectivity index (χ3v) is 3.30. The van der Waals surface area contributed by atoms with Gasteiger partial charge in [0.05, 0.1) is 11.9 Å². The molecule has 92 valence electrons. The zero-order valence-corrected chi connectivity index (χ0v) is 11.9. The molecule has 2 rings (SSSR count). The highest BCUT2D eigenvalue weighted by molar-refractivity contribution is 9.10. The zero-order valence-electron chi connectivity index (χ0n) is 9.58. The number of nitrogens with one attached hydrogen (secondary N) is 1. The molecule has 18 heavy (non-hydrogen) atoms. The number of aromatic nitrogens is 1. The molecule has 0 unspecified atom stereocenters. The number of hydrogen-bond acceptors (Lipinski definition) is 2. The molecule has 1 amide bonds. The van der Waals surface area contributed by atoms with Gasteiger partial charge in [0, 0.05) is 10.0 Å². The number of benzene rings is 1. The van der Waals surface area contributed by atoms with Crippen LogP contribution >= 0.6 is 27.5 Å². The number of hydrogen-bond donors (Lipinski definition) is 1. The van der Waals surface area contributed by atoms with E-state index in [4.69, 9.17) is 11.6 Å². The van der Waals surface area contributed by atoms with Crippen molar-refractivity contribution in [3.63, 3.8) is 0 Å². The van der Waals surface area contributed by atoms with Crippen LogP contribution in [0.25, 0.3) is 0 Å². The molecule has 1 heterocycles. The Kier molecular flexibility index (Phi) is 3.99. The number of rotatable bonds is 2. The molecule has 0 aliphatic carbocycles. The van der Waals surface area contributed by atoms with E-state index in [1.165, 1.54) is 6.20 Å². The summed E-state index contributed by atoms with van der Waals surface area (Å²) in [7, 11) is 0. The molecule has 0 spiro atoms. The smallest absolute Gasteiger partial charge is 0.255 e. The Morgan fingerprint density at radius 2 is 2.00 bits per heavy atom. The van der Waals surface area contributed by atoms with Crippen LogP contribution in [0.2, 0.25) is 5.15 Å². The number of carbonyl (C=O) groups excluding carboxylic acids is 1. The van der Waals surface area contributed by atoms with Crippen LogP contribution in [0.1, 0.15) is 15.9 Å². The average Bonchev–Trinajstić information content (AvgIpc) is 2.34. The number of carbonyl (C=O) groups is 1. The Labute approximate surface area is 118 Å². The highest BCUT2D eigenvalue weighted by atomic mass is 79.9. The standard InChI is InChI=1S/C13H10BrClN2O/c1-8-6-11(7-16-12(8)15)17-13(18)9-2-4-10(14)5-3-9/h2-7H,1H3,(H,17,18). The van der Waals surface area contributed by atoms with Crippen molar-refractivity contribution in [2.24, 2.45) is 0 Å². The van der Waals surface area contributed by atoms with Gasteiger partial charge in [0.2, 0.25) is 0 Å². The molecule has 0 aliphatic heterocycles. The summed E-state index contributed by atoms with van der Waals surface area (Å²) >= 11 is 9.15. The van der Waals surface area contributed by atoms with Gasteiger partial charge in [0.15, 0.2) is 0 Å². The molecule has 1 aromatic carbocycles. The lowest BCUT2D eigenvalue weighted by molar-refractivity contribution is 0.102. The molecule has 0 saturated carbocycles. The van der Waals surface area contributed by atoms with E-state index in [9.17, 15) is 4.79 Å². The first kappa shape index (κ1) is 13.1. The fourth-order valence-corrected chi connectivity index (χ4v) is 1.80. The van der Waals surface area contributed by atoms with Crippen LogP contribution < -0.4 is 5.32 Å². The van der Waals surface area contributed by atoms with Crippen molar-refractivity contribution in [1.29, 1.82) is 0 Å². The fraction of sp³-hybridized carbons (Fsp3) is 0.0769. The van der Waals surface area contributed by atoms with E-state index in [0.29, 0.717) is 16.4 Å². The second kappa shape index (κ2) is 5.50. The van der Waals surface area contributed by atoms with E-state index in [1.807, 2.05) is 19.1 Å². The highest BCUT2D eigenvalue weighted by Gasteiger charge is 2.07. The first-order chi connectivity index (χ1) is 8.56. The van der Waals surface area contributed by atoms with Gasteiger partial charge in [-0.05, 0) is 42.8 Å². The summed E-state index contributed by atoms with van der Waals surface area (Å²) in [6, 6.07) is 8.91. The van der Waals surface area contributed by atoms with E-state index in [0.717, 1.165) is 10.0 Å². The summed E-state index contributed by atoms with van der Waals surface area (Å²) in [5, 5.41) is 3.21. The van der Waals surface area contributed by atoms with Crippen molar-refractivity contribution in [3.8, 4) is 0 Å². The maximum absolute atomic E-state index is 11.9. The number of amides is 1. The Hall–Kier alpha value is -1.39. The van der Waals surface area contributed by atoms with Gasteiger partial charge in [-0.15, -0.1) is 0 Å². The Morgan fingerprint density at radius 1 is 1.33 bits per heavy atom. The molecule has 3 nitrogen and oxygen atoms in total. The topological polar surface area (TPSA) is 42.0 Å². The van der Waals surface area contributed by atoms with Gasteiger partial charge >= 0.3 is 0 Å². The summed E-state index contributed by atoms with van der Waals surface area (Å²) in [6.07, 6.45) is 1.53. The van der Waals surface area contributed by atoms with Crippen LogP contribution in [0.5, 0.6) is 0 Å². The lowest BCUT2D eigenvalue weighted by Gasteiger charge is -2.06. The molecule has 0 fully saturated rings. The van der Waals surface area contributed by atoms with Gasteiger partial charge in [-0.3, -0.25) is 4.79 Å². The molecule has 5 heteroatoms. The van der Waals surface area contributed by atoms with Gasteiger partial charge < -0.3 is 5.32 Å². The average molecular weight is 326 g/mol. The molecule has 0 radical (unpaired) electrons. The molecule has 1 aromatic heterocycles. The van der Waals surface area contributed by atoms with Gasteiger partial charge in [-0.2, -0.15) is 0 Å². The lowest BCUT2D eigenvalue weighted by atomic mass is 10.2. The number of pyridine rings is 1. The third kappa shape index (κ3) is 3.09. The minimum Gasteiger partial charge on any atom is -0.321 e. The molecule has 1 N–H and O–H groups in total. The maximum atomic E-state index is 11.9. The first-order valence-electron chi connectivity index (χ1n) is 5.25. The predicted octanol–water partition coefficient (Wildman–Crippen LogP) is 4.06. The van der Waals surface area contributed by atoms with Crippen LogP contribution in [-0.4, -0.2) is 10.9 Å². The van der Waals surface area contributed by atoms with Crippen LogP contribution in [-0.2, 0) is 0 Å². The van der Waals surface area contributed by atoms with Gasteiger partial charge in [-0.25, -0.2) is 4.98 Å². The summed E-state index contributed by atoms with van der Waals surface area (Å²) in [5.74, 6) is -0.175. The molecule has 0 atom stereocenters. The lowest BCUT2D eigenvalue weighted by Crippen LogP contribution is -2.12. The summed E-state index contributed by atoms with van der Waals surface area (Å²) < 4.78 is 0.933. The van der Waals surface area contributed by atoms with Crippen molar-refractivity contribution in [1.82, 2.24) is 4.98 Å². The Morgan fingerprint density at radius 3 is 2.61 bits per heavy atom. The third-order valence-electron chi connectivity index (χ3n) is 2.38. The minimum absolute atomic E-state index is 0.175. The summed E-state index contributed by atoms with van der Waals surface area (Å²) in [5.41, 5.74) is 2.04. The van der Waals surface area contributed by atoms with Crippen LogP contribution in [0, 0.1) is 6.92 Å². The minimum atomic E-state index is -0.175. The quantitative estimate of drug-likeness (QED) is 0.846. The SMILES string of the molecule is Cc1cc(NC(=O)c2ccc(Br)cc2)cnc1Cl. The van der Waals surface area contributed by atoms with E-state index in [2.05, 4.69) is 26.2 Å². The van der Waals surface area contributed by atoms with Crippen molar-refractivity contribution < 1.29 is 4.79 Å².